The van der Waals surface area contributed by atoms with Crippen LogP contribution in [0.4, 0.5) is 5.69 Å². The fraction of sp³-hybridized carbons (Fsp3) is 0.533. The van der Waals surface area contributed by atoms with Gasteiger partial charge in [0.1, 0.15) is 0 Å². The van der Waals surface area contributed by atoms with E-state index < -0.39 is 0 Å². The van der Waals surface area contributed by atoms with Crippen LogP contribution in [0.15, 0.2) is 18.2 Å². The Bertz CT molecular complexity index is 431. The predicted octanol–water partition coefficient (Wildman–Crippen LogP) is 2.34. The Hall–Kier alpha value is -1.35. The van der Waals surface area contributed by atoms with Gasteiger partial charge in [-0.25, -0.2) is 0 Å². The molecule has 0 spiro atoms. The van der Waals surface area contributed by atoms with E-state index in [4.69, 9.17) is 0 Å². The van der Waals surface area contributed by atoms with Crippen molar-refractivity contribution in [2.45, 2.75) is 26.3 Å². The summed E-state index contributed by atoms with van der Waals surface area (Å²) < 4.78 is 0. The molecule has 1 aromatic carbocycles. The number of aryl methyl sites for hydroxylation is 1. The second-order valence-corrected chi connectivity index (χ2v) is 5.34. The van der Waals surface area contributed by atoms with Crippen molar-refractivity contribution in [2.24, 2.45) is 0 Å². The molecule has 2 rings (SSSR count). The van der Waals surface area contributed by atoms with E-state index >= 15 is 0 Å². The molecule has 1 aliphatic heterocycles. The average molecular weight is 246 g/mol. The number of rotatable bonds is 2. The van der Waals surface area contributed by atoms with Crippen LogP contribution in [0.5, 0.6) is 0 Å². The van der Waals surface area contributed by atoms with Crippen molar-refractivity contribution >= 4 is 12.0 Å². The van der Waals surface area contributed by atoms with E-state index in [1.54, 1.807) is 0 Å². The van der Waals surface area contributed by atoms with E-state index in [1.165, 1.54) is 0 Å². The maximum atomic E-state index is 11.2. The molecule has 3 nitrogen and oxygen atoms in total. The van der Waals surface area contributed by atoms with Gasteiger partial charge in [-0.15, -0.1) is 0 Å². The summed E-state index contributed by atoms with van der Waals surface area (Å²) in [7, 11) is 2.16. The van der Waals surface area contributed by atoms with E-state index in [0.717, 1.165) is 49.2 Å². The normalized spacial score (nSPS) is 21.7. The maximum absolute atomic E-state index is 11.2. The highest BCUT2D eigenvalue weighted by molar-refractivity contribution is 5.85. The summed E-state index contributed by atoms with van der Waals surface area (Å²) in [4.78, 5) is 16.0. The molecule has 0 N–H and O–H groups in total. The van der Waals surface area contributed by atoms with Crippen LogP contribution in [0, 0.1) is 6.92 Å². The topological polar surface area (TPSA) is 23.6 Å². The highest BCUT2D eigenvalue weighted by Crippen LogP contribution is 2.24. The molecule has 1 saturated heterocycles. The van der Waals surface area contributed by atoms with Gasteiger partial charge in [-0.05, 0) is 46.0 Å². The third-order valence-corrected chi connectivity index (χ3v) is 3.67. The summed E-state index contributed by atoms with van der Waals surface area (Å²) in [5, 5.41) is 0. The number of carbonyl (C=O) groups is 1. The summed E-state index contributed by atoms with van der Waals surface area (Å²) in [6.45, 7) is 7.46. The molecular weight excluding hydrogens is 224 g/mol. The van der Waals surface area contributed by atoms with Crippen LogP contribution in [-0.2, 0) is 0 Å². The molecule has 18 heavy (non-hydrogen) atoms. The third kappa shape index (κ3) is 2.72. The highest BCUT2D eigenvalue weighted by Gasteiger charge is 2.21. The van der Waals surface area contributed by atoms with Gasteiger partial charge in [0.05, 0.1) is 0 Å². The number of carbonyl (C=O) groups excluding carboxylic acids is 1. The minimum atomic E-state index is 0.443. The summed E-state index contributed by atoms with van der Waals surface area (Å²) in [5.74, 6) is 0. The van der Waals surface area contributed by atoms with Gasteiger partial charge in [0, 0.05) is 30.4 Å². The molecule has 0 bridgehead atoms. The quantitative estimate of drug-likeness (QED) is 0.748. The maximum Gasteiger partial charge on any atom is 0.152 e. The lowest BCUT2D eigenvalue weighted by Gasteiger charge is -2.31. The van der Waals surface area contributed by atoms with E-state index in [2.05, 4.69) is 35.9 Å². The van der Waals surface area contributed by atoms with Crippen molar-refractivity contribution in [2.75, 3.05) is 31.6 Å². The van der Waals surface area contributed by atoms with Gasteiger partial charge in [-0.3, -0.25) is 4.79 Å². The third-order valence-electron chi connectivity index (χ3n) is 3.67. The molecule has 1 fully saturated rings. The second kappa shape index (κ2) is 5.53. The van der Waals surface area contributed by atoms with Crippen molar-refractivity contribution < 1.29 is 4.79 Å². The molecule has 1 heterocycles. The first kappa shape index (κ1) is 13.1. The zero-order valence-electron chi connectivity index (χ0n) is 11.5. The number of hydrogen-bond donors (Lipinski definition) is 0. The SMILES string of the molecule is Cc1ccc(N2CCCN(C)CC2C)c(C=O)c1. The number of hydrogen-bond acceptors (Lipinski definition) is 3. The second-order valence-electron chi connectivity index (χ2n) is 5.34. The first-order chi connectivity index (χ1) is 8.61. The molecular formula is C15H22N2O. The Morgan fingerprint density at radius 1 is 1.33 bits per heavy atom. The van der Waals surface area contributed by atoms with Crippen LogP contribution in [0.2, 0.25) is 0 Å². The number of likely N-dealkylation sites (N-methyl/N-ethyl adjacent to an activating group) is 1. The summed E-state index contributed by atoms with van der Waals surface area (Å²) in [6.07, 6.45) is 2.12. The fourth-order valence-corrected chi connectivity index (χ4v) is 2.76. The van der Waals surface area contributed by atoms with Crippen LogP contribution >= 0.6 is 0 Å². The van der Waals surface area contributed by atoms with Crippen molar-refractivity contribution in [1.82, 2.24) is 4.90 Å². The molecule has 0 amide bonds. The van der Waals surface area contributed by atoms with Gasteiger partial charge < -0.3 is 9.80 Å². The van der Waals surface area contributed by atoms with Gasteiger partial charge in [0.15, 0.2) is 6.29 Å². The van der Waals surface area contributed by atoms with E-state index in [9.17, 15) is 4.79 Å². The van der Waals surface area contributed by atoms with Gasteiger partial charge in [-0.2, -0.15) is 0 Å². The van der Waals surface area contributed by atoms with Crippen LogP contribution in [0.3, 0.4) is 0 Å². The zero-order chi connectivity index (χ0) is 13.1. The lowest BCUT2D eigenvalue weighted by atomic mass is 10.1. The zero-order valence-corrected chi connectivity index (χ0v) is 11.5. The number of nitrogens with zero attached hydrogens (tertiary/aromatic N) is 2. The smallest absolute Gasteiger partial charge is 0.152 e. The van der Waals surface area contributed by atoms with Gasteiger partial charge >= 0.3 is 0 Å². The number of anilines is 1. The lowest BCUT2D eigenvalue weighted by Crippen LogP contribution is -2.38. The number of aldehydes is 1. The van der Waals surface area contributed by atoms with Crippen LogP contribution < -0.4 is 4.90 Å². The van der Waals surface area contributed by atoms with Crippen molar-refractivity contribution in [3.05, 3.63) is 29.3 Å². The van der Waals surface area contributed by atoms with Crippen LogP contribution in [0.1, 0.15) is 29.3 Å². The van der Waals surface area contributed by atoms with Crippen molar-refractivity contribution in [1.29, 1.82) is 0 Å². The predicted molar refractivity (Wildman–Crippen MR) is 75.5 cm³/mol. The Morgan fingerprint density at radius 2 is 2.11 bits per heavy atom. The standard InChI is InChI=1S/C15H22N2O/c1-12-5-6-15(14(9-12)11-18)17-8-4-7-16(3)10-13(17)2/h5-6,9,11,13H,4,7-8,10H2,1-3H3. The molecule has 0 saturated carbocycles. The monoisotopic (exact) mass is 246 g/mol. The van der Waals surface area contributed by atoms with Crippen molar-refractivity contribution in [3.63, 3.8) is 0 Å². The van der Waals surface area contributed by atoms with E-state index in [-0.39, 0.29) is 0 Å². The summed E-state index contributed by atoms with van der Waals surface area (Å²) >= 11 is 0. The Balaban J connectivity index is 2.32. The first-order valence-electron chi connectivity index (χ1n) is 6.63. The first-order valence-corrected chi connectivity index (χ1v) is 6.63. The Kier molecular flexibility index (Phi) is 4.02. The van der Waals surface area contributed by atoms with E-state index in [0.29, 0.717) is 6.04 Å². The summed E-state index contributed by atoms with van der Waals surface area (Å²) in [6, 6.07) is 6.59. The molecule has 1 unspecified atom stereocenters. The van der Waals surface area contributed by atoms with E-state index in [1.807, 2.05) is 13.0 Å². The molecule has 1 aliphatic rings. The van der Waals surface area contributed by atoms with Crippen LogP contribution in [0.25, 0.3) is 0 Å². The molecule has 3 heteroatoms. The Morgan fingerprint density at radius 3 is 2.83 bits per heavy atom. The van der Waals surface area contributed by atoms with Gasteiger partial charge in [0.2, 0.25) is 0 Å². The van der Waals surface area contributed by atoms with Crippen molar-refractivity contribution in [3.8, 4) is 0 Å². The molecule has 0 aliphatic carbocycles. The fourth-order valence-electron chi connectivity index (χ4n) is 2.76. The molecule has 1 aromatic rings. The molecule has 1 atom stereocenters. The minimum absolute atomic E-state index is 0.443. The highest BCUT2D eigenvalue weighted by atomic mass is 16.1. The van der Waals surface area contributed by atoms with Gasteiger partial charge in [0.25, 0.3) is 0 Å². The number of benzene rings is 1. The van der Waals surface area contributed by atoms with Gasteiger partial charge in [-0.1, -0.05) is 11.6 Å². The molecule has 0 aromatic heterocycles. The Labute approximate surface area is 109 Å². The average Bonchev–Trinajstić information content (AvgIpc) is 2.50. The molecule has 0 radical (unpaired) electrons. The van der Waals surface area contributed by atoms with Crippen LogP contribution in [-0.4, -0.2) is 43.9 Å². The molecule has 98 valence electrons. The largest absolute Gasteiger partial charge is 0.367 e. The lowest BCUT2D eigenvalue weighted by molar-refractivity contribution is 0.112. The summed E-state index contributed by atoms with van der Waals surface area (Å²) in [5.41, 5.74) is 3.03. The minimum Gasteiger partial charge on any atom is -0.367 e.